The molecule has 0 spiro atoms. The molecule has 2 aromatic carbocycles. The summed E-state index contributed by atoms with van der Waals surface area (Å²) in [5.41, 5.74) is 25.8. The third-order valence-electron chi connectivity index (χ3n) is 10.8. The average molecular weight is 826 g/mol. The van der Waals surface area contributed by atoms with Gasteiger partial charge >= 0.3 is 16.5 Å². The Hall–Kier alpha value is -1.99. The Labute approximate surface area is 366 Å². The molecule has 326 valence electrons. The molecular weight excluding hydrogens is 735 g/mol. The van der Waals surface area contributed by atoms with Crippen LogP contribution in [-0.2, 0) is 42.2 Å². The Kier molecular flexibility index (Phi) is 34.7. The zero-order chi connectivity index (χ0) is 41.4. The minimum Gasteiger partial charge on any atom is -0.493 e. The van der Waals surface area contributed by atoms with Crippen LogP contribution >= 0.6 is 0 Å². The molecule has 0 atom stereocenters. The maximum absolute atomic E-state index is 12.6. The number of nitrogens with zero attached hydrogens (tertiary/aromatic N) is 2. The van der Waals surface area contributed by atoms with Crippen molar-refractivity contribution in [2.45, 2.75) is 235 Å². The van der Waals surface area contributed by atoms with Crippen molar-refractivity contribution < 1.29 is 21.2 Å². The van der Waals surface area contributed by atoms with Crippen LogP contribution in [0.1, 0.15) is 243 Å². The Morgan fingerprint density at radius 3 is 0.930 bits per heavy atom. The van der Waals surface area contributed by atoms with Crippen LogP contribution in [0.3, 0.4) is 0 Å². The summed E-state index contributed by atoms with van der Waals surface area (Å²) in [5.74, 6) is 0. The topological polar surface area (TPSA) is 25.3 Å². The molecule has 0 bridgehead atoms. The molecule has 1 aliphatic heterocycles. The fraction of sp³-hybridized carbons (Fsp3) is 0.667. The molecule has 0 fully saturated rings. The summed E-state index contributed by atoms with van der Waals surface area (Å²) < 4.78 is 1.68. The maximum Gasteiger partial charge on any atom is 2.00 e. The quantitative estimate of drug-likeness (QED) is 0.0353. The standard InChI is InChI=1S/C48H76N2.2C3H7.Ni/c1-7-13-19-20-21-26-32-46-45(31-18-12-6)47(43-35-39(27-22-14-8-2)33-40(36-43)28-23-15-9-3)50(49)48(46)44-37-41(29-24-16-10-4)34-42(38-44)30-25-17-11-5;2*1-3-2;/h33-38H,7-32H2,1-6H3;2*1,3H2,2H3;/q;2*-1;+2. The van der Waals surface area contributed by atoms with Crippen molar-refractivity contribution in [1.29, 1.82) is 0 Å². The van der Waals surface area contributed by atoms with Crippen molar-refractivity contribution in [2.24, 2.45) is 0 Å². The Morgan fingerprint density at radius 2 is 0.614 bits per heavy atom. The predicted molar refractivity (Wildman–Crippen MR) is 252 cm³/mol. The summed E-state index contributed by atoms with van der Waals surface area (Å²) >= 11 is 0. The van der Waals surface area contributed by atoms with Gasteiger partial charge < -0.3 is 19.4 Å². The summed E-state index contributed by atoms with van der Waals surface area (Å²) in [6.07, 6.45) is 33.6. The van der Waals surface area contributed by atoms with Crippen LogP contribution in [0, 0.1) is 13.8 Å². The first-order valence-corrected chi connectivity index (χ1v) is 24.1. The number of hydrogen-bond donors (Lipinski definition) is 0. The second-order valence-electron chi connectivity index (χ2n) is 16.5. The van der Waals surface area contributed by atoms with Crippen LogP contribution in [0.5, 0.6) is 0 Å². The van der Waals surface area contributed by atoms with Gasteiger partial charge in [-0.1, -0.05) is 157 Å². The molecule has 2 nitrogen and oxygen atoms in total. The number of rotatable bonds is 28. The second kappa shape index (κ2) is 35.9. The molecule has 0 radical (unpaired) electrons. The first-order valence-electron chi connectivity index (χ1n) is 24.1. The summed E-state index contributed by atoms with van der Waals surface area (Å²) in [6, 6.07) is 14.7. The molecule has 0 N–H and O–H groups in total. The molecule has 0 saturated carbocycles. The number of hydrogen-bond acceptors (Lipinski definition) is 0. The van der Waals surface area contributed by atoms with Crippen LogP contribution < -0.4 is 0 Å². The Balaban J connectivity index is 0.00000420. The van der Waals surface area contributed by atoms with Gasteiger partial charge in [-0.25, -0.2) is 4.70 Å². The van der Waals surface area contributed by atoms with E-state index in [0.717, 1.165) is 75.6 Å². The average Bonchev–Trinajstić information content (AvgIpc) is 3.46. The number of aryl methyl sites for hydroxylation is 4. The third-order valence-corrected chi connectivity index (χ3v) is 10.8. The van der Waals surface area contributed by atoms with E-state index in [0.29, 0.717) is 0 Å². The molecule has 0 aromatic heterocycles. The fourth-order valence-corrected chi connectivity index (χ4v) is 7.91. The van der Waals surface area contributed by atoms with Crippen LogP contribution in [0.2, 0.25) is 0 Å². The van der Waals surface area contributed by atoms with Gasteiger partial charge in [0, 0.05) is 22.3 Å². The van der Waals surface area contributed by atoms with E-state index in [1.54, 1.807) is 4.70 Å². The predicted octanol–water partition coefficient (Wildman–Crippen LogP) is 18.2. The van der Waals surface area contributed by atoms with Crippen molar-refractivity contribution in [3.63, 3.8) is 0 Å². The summed E-state index contributed by atoms with van der Waals surface area (Å²) in [7, 11) is 0. The molecule has 1 heterocycles. The van der Waals surface area contributed by atoms with Crippen LogP contribution in [0.15, 0.2) is 47.5 Å². The summed E-state index contributed by atoms with van der Waals surface area (Å²) in [6.45, 7) is 24.8. The smallest absolute Gasteiger partial charge is 0.493 e. The minimum atomic E-state index is 0. The monoisotopic (exact) mass is 825 g/mol. The SMILES string of the molecule is CCCCCCCCC1=C(c2cc(CCCCC)cc(CCCCC)c2)[N+](=[N-])C(c2cc(CCCCC)cc(CCCCC)c2)=C1CCCC.[CH2-]CC.[CH2-]CC.[Ni+2]. The van der Waals surface area contributed by atoms with E-state index in [1.165, 1.54) is 160 Å². The summed E-state index contributed by atoms with van der Waals surface area (Å²) in [4.78, 5) is 0. The van der Waals surface area contributed by atoms with E-state index in [2.05, 4.69) is 91.8 Å². The molecule has 1 aliphatic rings. The number of allylic oxidation sites excluding steroid dienone is 2. The van der Waals surface area contributed by atoms with Crippen LogP contribution in [0.4, 0.5) is 0 Å². The largest absolute Gasteiger partial charge is 2.00 e. The molecule has 3 heteroatoms. The van der Waals surface area contributed by atoms with Gasteiger partial charge in [-0.15, -0.1) is 0 Å². The van der Waals surface area contributed by atoms with E-state index in [-0.39, 0.29) is 16.5 Å². The fourth-order valence-electron chi connectivity index (χ4n) is 7.91. The molecule has 57 heavy (non-hydrogen) atoms. The first kappa shape index (κ1) is 55.0. The van der Waals surface area contributed by atoms with Gasteiger partial charge in [0.2, 0.25) is 11.4 Å². The van der Waals surface area contributed by atoms with Crippen molar-refractivity contribution in [3.8, 4) is 0 Å². The van der Waals surface area contributed by atoms with Gasteiger partial charge in [0.25, 0.3) is 0 Å². The van der Waals surface area contributed by atoms with Crippen LogP contribution in [-0.4, -0.2) is 4.70 Å². The molecule has 0 unspecified atom stereocenters. The normalized spacial score (nSPS) is 12.4. The zero-order valence-electron chi connectivity index (χ0n) is 38.9. The first-order chi connectivity index (χ1) is 27.3. The van der Waals surface area contributed by atoms with E-state index < -0.39 is 0 Å². The molecule has 3 rings (SSSR count). The molecular formula is C54H90N2Ni. The summed E-state index contributed by atoms with van der Waals surface area (Å²) in [5, 5.41) is 0. The Morgan fingerprint density at radius 1 is 0.368 bits per heavy atom. The molecule has 0 aliphatic carbocycles. The van der Waals surface area contributed by atoms with Crippen molar-refractivity contribution in [2.75, 3.05) is 0 Å². The number of benzene rings is 2. The zero-order valence-corrected chi connectivity index (χ0v) is 39.9. The van der Waals surface area contributed by atoms with Gasteiger partial charge in [0.15, 0.2) is 0 Å². The molecule has 0 saturated heterocycles. The molecule has 0 amide bonds. The van der Waals surface area contributed by atoms with Gasteiger partial charge in [-0.3, -0.25) is 0 Å². The van der Waals surface area contributed by atoms with E-state index in [1.807, 2.05) is 13.8 Å². The second-order valence-corrected chi connectivity index (χ2v) is 16.5. The van der Waals surface area contributed by atoms with Gasteiger partial charge in [0.1, 0.15) is 0 Å². The molecule has 2 aromatic rings. The van der Waals surface area contributed by atoms with E-state index in [9.17, 15) is 5.53 Å². The van der Waals surface area contributed by atoms with E-state index >= 15 is 0 Å². The van der Waals surface area contributed by atoms with E-state index in [4.69, 9.17) is 0 Å². The van der Waals surface area contributed by atoms with Gasteiger partial charge in [-0.05, 0) is 124 Å². The van der Waals surface area contributed by atoms with Crippen molar-refractivity contribution >= 4 is 11.4 Å². The van der Waals surface area contributed by atoms with Gasteiger partial charge in [-0.2, -0.15) is 12.8 Å². The number of unbranched alkanes of at least 4 members (excludes halogenated alkanes) is 14. The van der Waals surface area contributed by atoms with Crippen molar-refractivity contribution in [3.05, 3.63) is 100 Å². The van der Waals surface area contributed by atoms with Crippen LogP contribution in [0.25, 0.3) is 16.9 Å². The minimum absolute atomic E-state index is 0. The van der Waals surface area contributed by atoms with Crippen molar-refractivity contribution in [1.82, 2.24) is 0 Å². The van der Waals surface area contributed by atoms with Gasteiger partial charge in [0.05, 0.1) is 0 Å². The maximum atomic E-state index is 12.6. The Bertz CT molecular complexity index is 1320. The third kappa shape index (κ3) is 21.7.